The Kier molecular flexibility index (Phi) is 3.29. The number of halogens is 1. The molecule has 2 nitrogen and oxygen atoms in total. The van der Waals surface area contributed by atoms with Crippen LogP contribution in [0.2, 0.25) is 0 Å². The fourth-order valence-corrected chi connectivity index (χ4v) is 2.57. The first-order chi connectivity index (χ1) is 6.75. The Balaban J connectivity index is 1.98. The monoisotopic (exact) mass is 257 g/mol. The molecule has 1 aromatic rings. The van der Waals surface area contributed by atoms with E-state index in [-0.39, 0.29) is 0 Å². The molecule has 0 atom stereocenters. The van der Waals surface area contributed by atoms with Crippen LogP contribution in [0.15, 0.2) is 15.2 Å². The molecule has 0 saturated carbocycles. The first kappa shape index (κ1) is 10.2. The molecule has 0 bridgehead atoms. The minimum Gasteiger partial charge on any atom is -0.454 e. The van der Waals surface area contributed by atoms with E-state index in [0.29, 0.717) is 0 Å². The second-order valence-corrected chi connectivity index (χ2v) is 4.84. The Hall–Kier alpha value is -0.280. The van der Waals surface area contributed by atoms with E-state index in [1.807, 2.05) is 0 Å². The molecule has 0 amide bonds. The first-order valence-electron chi connectivity index (χ1n) is 5.21. The SMILES string of the molecule is Cc1cc(Br)oc1CC1CCNCC1. The van der Waals surface area contributed by atoms with Gasteiger partial charge >= 0.3 is 0 Å². The summed E-state index contributed by atoms with van der Waals surface area (Å²) in [6.07, 6.45) is 3.65. The summed E-state index contributed by atoms with van der Waals surface area (Å²) in [6, 6.07) is 2.05. The summed E-state index contributed by atoms with van der Waals surface area (Å²) in [5, 5.41) is 3.38. The van der Waals surface area contributed by atoms with Crippen LogP contribution in [0, 0.1) is 12.8 Å². The summed E-state index contributed by atoms with van der Waals surface area (Å²) in [5.41, 5.74) is 1.27. The third-order valence-corrected chi connectivity index (χ3v) is 3.31. The van der Waals surface area contributed by atoms with Gasteiger partial charge in [0.2, 0.25) is 0 Å². The molecular weight excluding hydrogens is 242 g/mol. The van der Waals surface area contributed by atoms with Crippen LogP contribution in [-0.4, -0.2) is 13.1 Å². The average Bonchev–Trinajstić information content (AvgIpc) is 2.47. The molecule has 1 saturated heterocycles. The maximum absolute atomic E-state index is 5.61. The smallest absolute Gasteiger partial charge is 0.169 e. The molecule has 2 rings (SSSR count). The molecule has 0 unspecified atom stereocenters. The molecule has 0 radical (unpaired) electrons. The normalized spacial score (nSPS) is 18.7. The zero-order chi connectivity index (χ0) is 9.97. The Morgan fingerprint density at radius 3 is 2.79 bits per heavy atom. The number of furan rings is 1. The first-order valence-corrected chi connectivity index (χ1v) is 6.00. The van der Waals surface area contributed by atoms with Crippen molar-refractivity contribution in [3.05, 3.63) is 22.1 Å². The van der Waals surface area contributed by atoms with Crippen molar-refractivity contribution in [3.63, 3.8) is 0 Å². The van der Waals surface area contributed by atoms with E-state index in [9.17, 15) is 0 Å². The Bertz CT molecular complexity index is 302. The van der Waals surface area contributed by atoms with Gasteiger partial charge in [0.25, 0.3) is 0 Å². The van der Waals surface area contributed by atoms with Crippen LogP contribution in [0.3, 0.4) is 0 Å². The van der Waals surface area contributed by atoms with Crippen LogP contribution in [0.5, 0.6) is 0 Å². The number of aryl methyl sites for hydroxylation is 1. The highest BCUT2D eigenvalue weighted by Crippen LogP contribution is 2.25. The highest BCUT2D eigenvalue weighted by Gasteiger charge is 2.16. The third-order valence-electron chi connectivity index (χ3n) is 2.92. The fourth-order valence-electron chi connectivity index (χ4n) is 2.03. The van der Waals surface area contributed by atoms with Crippen LogP contribution in [-0.2, 0) is 6.42 Å². The molecule has 1 aliphatic rings. The molecule has 14 heavy (non-hydrogen) atoms. The predicted octanol–water partition coefficient (Wildman–Crippen LogP) is 2.89. The summed E-state index contributed by atoms with van der Waals surface area (Å²) < 4.78 is 6.47. The van der Waals surface area contributed by atoms with Crippen molar-refractivity contribution in [2.45, 2.75) is 26.2 Å². The lowest BCUT2D eigenvalue weighted by Gasteiger charge is -2.21. The minimum absolute atomic E-state index is 0.799. The molecule has 3 heteroatoms. The standard InChI is InChI=1S/C11H16BrNO/c1-8-6-11(12)14-10(8)7-9-2-4-13-5-3-9/h6,9,13H,2-5,7H2,1H3. The quantitative estimate of drug-likeness (QED) is 0.882. The second-order valence-electron chi connectivity index (χ2n) is 4.05. The molecule has 0 aliphatic carbocycles. The van der Waals surface area contributed by atoms with Crippen molar-refractivity contribution >= 4 is 15.9 Å². The number of piperidine rings is 1. The van der Waals surface area contributed by atoms with E-state index in [2.05, 4.69) is 34.2 Å². The highest BCUT2D eigenvalue weighted by molar-refractivity contribution is 9.10. The van der Waals surface area contributed by atoms with Gasteiger partial charge in [-0.2, -0.15) is 0 Å². The predicted molar refractivity (Wildman–Crippen MR) is 60.4 cm³/mol. The topological polar surface area (TPSA) is 25.2 Å². The van der Waals surface area contributed by atoms with Gasteiger partial charge in [-0.1, -0.05) is 0 Å². The van der Waals surface area contributed by atoms with Crippen molar-refractivity contribution in [2.24, 2.45) is 5.92 Å². The van der Waals surface area contributed by atoms with E-state index in [1.54, 1.807) is 0 Å². The lowest BCUT2D eigenvalue weighted by molar-refractivity contribution is 0.343. The van der Waals surface area contributed by atoms with Gasteiger partial charge in [0.15, 0.2) is 4.67 Å². The molecule has 1 aromatic heterocycles. The Morgan fingerprint density at radius 1 is 1.50 bits per heavy atom. The third kappa shape index (κ3) is 2.39. The maximum atomic E-state index is 5.61. The zero-order valence-electron chi connectivity index (χ0n) is 8.48. The Morgan fingerprint density at radius 2 is 2.21 bits per heavy atom. The number of rotatable bonds is 2. The number of hydrogen-bond donors (Lipinski definition) is 1. The highest BCUT2D eigenvalue weighted by atomic mass is 79.9. The Labute approximate surface area is 93.2 Å². The summed E-state index contributed by atoms with van der Waals surface area (Å²) in [4.78, 5) is 0. The van der Waals surface area contributed by atoms with Gasteiger partial charge in [0.1, 0.15) is 5.76 Å². The number of hydrogen-bond acceptors (Lipinski definition) is 2. The molecule has 1 fully saturated rings. The number of nitrogens with one attached hydrogen (secondary N) is 1. The summed E-state index contributed by atoms with van der Waals surface area (Å²) >= 11 is 3.37. The van der Waals surface area contributed by atoms with Crippen molar-refractivity contribution in [1.29, 1.82) is 0 Å². The largest absolute Gasteiger partial charge is 0.454 e. The van der Waals surface area contributed by atoms with Crippen LogP contribution >= 0.6 is 15.9 Å². The lowest BCUT2D eigenvalue weighted by Crippen LogP contribution is -2.28. The van der Waals surface area contributed by atoms with Gasteiger partial charge < -0.3 is 9.73 Å². The second kappa shape index (κ2) is 4.49. The molecule has 1 N–H and O–H groups in total. The lowest BCUT2D eigenvalue weighted by atomic mass is 9.93. The van der Waals surface area contributed by atoms with Gasteiger partial charge in [0, 0.05) is 6.42 Å². The van der Waals surface area contributed by atoms with Crippen molar-refractivity contribution < 1.29 is 4.42 Å². The fraction of sp³-hybridized carbons (Fsp3) is 0.636. The van der Waals surface area contributed by atoms with Crippen molar-refractivity contribution in [1.82, 2.24) is 5.32 Å². The molecule has 1 aliphatic heterocycles. The van der Waals surface area contributed by atoms with Gasteiger partial charge in [-0.05, 0) is 66.3 Å². The van der Waals surface area contributed by atoms with E-state index >= 15 is 0 Å². The minimum atomic E-state index is 0.799. The summed E-state index contributed by atoms with van der Waals surface area (Å²) in [5.74, 6) is 1.96. The van der Waals surface area contributed by atoms with Crippen molar-refractivity contribution in [3.8, 4) is 0 Å². The zero-order valence-corrected chi connectivity index (χ0v) is 10.1. The maximum Gasteiger partial charge on any atom is 0.169 e. The summed E-state index contributed by atoms with van der Waals surface area (Å²) in [6.45, 7) is 4.43. The molecule has 2 heterocycles. The van der Waals surface area contributed by atoms with Gasteiger partial charge in [0.05, 0.1) is 0 Å². The molecule has 0 spiro atoms. The van der Waals surface area contributed by atoms with E-state index in [0.717, 1.165) is 35.9 Å². The summed E-state index contributed by atoms with van der Waals surface area (Å²) in [7, 11) is 0. The van der Waals surface area contributed by atoms with Gasteiger partial charge in [-0.15, -0.1) is 0 Å². The van der Waals surface area contributed by atoms with Crippen LogP contribution < -0.4 is 5.32 Å². The van der Waals surface area contributed by atoms with E-state index in [1.165, 1.54) is 18.4 Å². The molecule has 0 aromatic carbocycles. The van der Waals surface area contributed by atoms with E-state index < -0.39 is 0 Å². The average molecular weight is 258 g/mol. The van der Waals surface area contributed by atoms with Gasteiger partial charge in [-0.3, -0.25) is 0 Å². The molecule has 78 valence electrons. The van der Waals surface area contributed by atoms with Crippen LogP contribution in [0.25, 0.3) is 0 Å². The van der Waals surface area contributed by atoms with Gasteiger partial charge in [-0.25, -0.2) is 0 Å². The van der Waals surface area contributed by atoms with Crippen molar-refractivity contribution in [2.75, 3.05) is 13.1 Å². The van der Waals surface area contributed by atoms with Crippen LogP contribution in [0.1, 0.15) is 24.2 Å². The van der Waals surface area contributed by atoms with Crippen LogP contribution in [0.4, 0.5) is 0 Å². The van der Waals surface area contributed by atoms with E-state index in [4.69, 9.17) is 4.42 Å². The molecular formula is C11H16BrNO.